The zero-order chi connectivity index (χ0) is 31.2. The van der Waals surface area contributed by atoms with Crippen LogP contribution in [0.4, 0.5) is 0 Å². The highest BCUT2D eigenvalue weighted by atomic mass is 32.2. The fraction of sp³-hybridized carbons (Fsp3) is 0.657. The molecule has 0 spiro atoms. The van der Waals surface area contributed by atoms with Crippen LogP contribution in [0.2, 0.25) is 0 Å². The van der Waals surface area contributed by atoms with E-state index in [1.165, 1.54) is 37.9 Å². The zero-order valence-corrected chi connectivity index (χ0v) is 27.9. The Hall–Kier alpha value is -2.49. The molecular formula is C35H52N4O4S. The van der Waals surface area contributed by atoms with Gasteiger partial charge in [-0.3, -0.25) is 9.78 Å². The lowest BCUT2D eigenvalue weighted by molar-refractivity contribution is -0.133. The van der Waals surface area contributed by atoms with Gasteiger partial charge in [-0.15, -0.1) is 0 Å². The van der Waals surface area contributed by atoms with Gasteiger partial charge in [0.2, 0.25) is 15.9 Å². The van der Waals surface area contributed by atoms with E-state index in [2.05, 4.69) is 20.9 Å². The van der Waals surface area contributed by atoms with Crippen molar-refractivity contribution in [3.05, 3.63) is 53.3 Å². The van der Waals surface area contributed by atoms with Crippen molar-refractivity contribution in [3.8, 4) is 5.75 Å². The molecule has 2 aromatic rings. The minimum atomic E-state index is -3.65. The van der Waals surface area contributed by atoms with E-state index in [1.807, 2.05) is 32.3 Å². The first-order chi connectivity index (χ1) is 21.2. The van der Waals surface area contributed by atoms with Crippen molar-refractivity contribution in [3.63, 3.8) is 0 Å². The minimum Gasteiger partial charge on any atom is -0.497 e. The van der Waals surface area contributed by atoms with Crippen molar-refractivity contribution >= 4 is 15.9 Å². The predicted octanol–water partition coefficient (Wildman–Crippen LogP) is 5.86. The number of hydrogen-bond donors (Lipinski definition) is 0. The summed E-state index contributed by atoms with van der Waals surface area (Å²) >= 11 is 0. The number of piperidine rings is 2. The average Bonchev–Trinajstić information content (AvgIpc) is 3.55. The third kappa shape index (κ3) is 7.48. The molecule has 44 heavy (non-hydrogen) atoms. The van der Waals surface area contributed by atoms with Gasteiger partial charge < -0.3 is 14.5 Å². The summed E-state index contributed by atoms with van der Waals surface area (Å²) in [7, 11) is -2.05. The normalized spacial score (nSPS) is 21.4. The predicted molar refractivity (Wildman–Crippen MR) is 174 cm³/mol. The number of aromatic nitrogens is 1. The van der Waals surface area contributed by atoms with Crippen LogP contribution < -0.4 is 4.74 Å². The number of aryl methyl sites for hydroxylation is 2. The number of carbonyl (C=O) groups excluding carboxylic acids is 1. The van der Waals surface area contributed by atoms with Gasteiger partial charge in [0.1, 0.15) is 5.75 Å². The molecule has 1 atom stereocenters. The molecule has 1 unspecified atom stereocenters. The van der Waals surface area contributed by atoms with Crippen molar-refractivity contribution in [2.45, 2.75) is 107 Å². The molecule has 5 rings (SSSR count). The quantitative estimate of drug-likeness (QED) is 0.294. The smallest absolute Gasteiger partial charge is 0.243 e. The maximum absolute atomic E-state index is 13.9. The van der Waals surface area contributed by atoms with E-state index >= 15 is 0 Å². The van der Waals surface area contributed by atoms with Gasteiger partial charge in [0.15, 0.2) is 0 Å². The van der Waals surface area contributed by atoms with Gasteiger partial charge in [-0.2, -0.15) is 4.31 Å². The number of methoxy groups -OCH3 is 1. The highest BCUT2D eigenvalue weighted by Gasteiger charge is 2.38. The average molecular weight is 625 g/mol. The van der Waals surface area contributed by atoms with E-state index in [0.29, 0.717) is 47.6 Å². The van der Waals surface area contributed by atoms with Gasteiger partial charge in [-0.25, -0.2) is 8.42 Å². The number of benzene rings is 1. The third-order valence-electron chi connectivity index (χ3n) is 10.4. The molecule has 3 aliphatic rings. The summed E-state index contributed by atoms with van der Waals surface area (Å²) in [5.74, 6) is 0.874. The van der Waals surface area contributed by atoms with Crippen LogP contribution >= 0.6 is 0 Å². The largest absolute Gasteiger partial charge is 0.497 e. The number of nitrogens with zero attached hydrogens (tertiary/aromatic N) is 4. The van der Waals surface area contributed by atoms with Crippen LogP contribution in [0.5, 0.6) is 5.75 Å². The Morgan fingerprint density at radius 2 is 1.70 bits per heavy atom. The van der Waals surface area contributed by atoms with Crippen LogP contribution in [0.1, 0.15) is 93.7 Å². The first-order valence-corrected chi connectivity index (χ1v) is 18.3. The molecule has 1 aromatic heterocycles. The number of pyridine rings is 1. The van der Waals surface area contributed by atoms with Crippen molar-refractivity contribution in [1.82, 2.24) is 19.1 Å². The third-order valence-corrected chi connectivity index (χ3v) is 12.7. The topological polar surface area (TPSA) is 83.0 Å². The summed E-state index contributed by atoms with van der Waals surface area (Å²) in [6.07, 6.45) is 15.4. The Kier molecular flexibility index (Phi) is 11.0. The molecule has 1 aromatic carbocycles. The number of hydrogen-bond acceptors (Lipinski definition) is 6. The Morgan fingerprint density at radius 3 is 2.36 bits per heavy atom. The number of likely N-dealkylation sites (tertiary alicyclic amines) is 2. The standard InChI is InChI=1S/C35H52N4O4S/c1-28-25-32(43-3)26-29(2)34(28)44(41,42)39-22-5-4-12-31(39)13-8-14-33(40)38-23-16-35(17-24-38,30-11-9-18-36-27-30)15-10-21-37-19-6-7-20-37/h9,11,18,25-27,31H,4-8,10,12-17,19-24H2,1-3H3. The monoisotopic (exact) mass is 624 g/mol. The molecule has 3 aliphatic heterocycles. The summed E-state index contributed by atoms with van der Waals surface area (Å²) in [5.41, 5.74) is 2.82. The van der Waals surface area contributed by atoms with E-state index in [-0.39, 0.29) is 17.4 Å². The molecule has 9 heteroatoms. The number of carbonyl (C=O) groups is 1. The Balaban J connectivity index is 1.16. The second kappa shape index (κ2) is 14.7. The SMILES string of the molecule is COc1cc(C)c(S(=O)(=O)N2CCCCC2CCCC(=O)N2CCC(CCCN3CCCC3)(c3cccnc3)CC2)c(C)c1. The number of rotatable bonds is 12. The second-order valence-corrected chi connectivity index (χ2v) is 15.1. The molecular weight excluding hydrogens is 572 g/mol. The van der Waals surface area contributed by atoms with Crippen LogP contribution in [0.15, 0.2) is 41.6 Å². The van der Waals surface area contributed by atoms with Gasteiger partial charge in [0, 0.05) is 49.9 Å². The van der Waals surface area contributed by atoms with Crippen LogP contribution in [-0.2, 0) is 20.2 Å². The van der Waals surface area contributed by atoms with E-state index in [0.717, 1.165) is 58.2 Å². The fourth-order valence-electron chi connectivity index (χ4n) is 7.97. The minimum absolute atomic E-state index is 0.0716. The number of amides is 1. The van der Waals surface area contributed by atoms with Gasteiger partial charge in [0.05, 0.1) is 12.0 Å². The molecule has 0 aliphatic carbocycles. The van der Waals surface area contributed by atoms with Crippen LogP contribution in [0, 0.1) is 13.8 Å². The lowest BCUT2D eigenvalue weighted by Crippen LogP contribution is -2.46. The Labute approximate surface area is 265 Å². The Morgan fingerprint density at radius 1 is 1.00 bits per heavy atom. The number of ether oxygens (including phenoxy) is 1. The summed E-state index contributed by atoms with van der Waals surface area (Å²) in [5, 5.41) is 0. The maximum atomic E-state index is 13.9. The lowest BCUT2D eigenvalue weighted by atomic mass is 9.70. The van der Waals surface area contributed by atoms with Gasteiger partial charge in [-0.1, -0.05) is 12.5 Å². The van der Waals surface area contributed by atoms with Crippen molar-refractivity contribution in [2.75, 3.05) is 46.4 Å². The van der Waals surface area contributed by atoms with Crippen molar-refractivity contribution in [1.29, 1.82) is 0 Å². The molecule has 0 saturated carbocycles. The van der Waals surface area contributed by atoms with Crippen molar-refractivity contribution < 1.29 is 17.9 Å². The van der Waals surface area contributed by atoms with Crippen LogP contribution in [-0.4, -0.2) is 85.8 Å². The zero-order valence-electron chi connectivity index (χ0n) is 27.1. The van der Waals surface area contributed by atoms with E-state index in [1.54, 1.807) is 23.5 Å². The molecule has 1 amide bonds. The van der Waals surface area contributed by atoms with Gasteiger partial charge in [0.25, 0.3) is 0 Å². The summed E-state index contributed by atoms with van der Waals surface area (Å²) in [4.78, 5) is 22.9. The molecule has 242 valence electrons. The lowest BCUT2D eigenvalue weighted by Gasteiger charge is -2.42. The highest BCUT2D eigenvalue weighted by molar-refractivity contribution is 7.89. The summed E-state index contributed by atoms with van der Waals surface area (Å²) in [6.45, 7) is 9.39. The van der Waals surface area contributed by atoms with Gasteiger partial charge in [-0.05, 0) is 133 Å². The van der Waals surface area contributed by atoms with Crippen molar-refractivity contribution in [2.24, 2.45) is 0 Å². The fourth-order valence-corrected chi connectivity index (χ4v) is 10.1. The summed E-state index contributed by atoms with van der Waals surface area (Å²) < 4.78 is 34.9. The van der Waals surface area contributed by atoms with E-state index in [4.69, 9.17) is 4.74 Å². The molecule has 8 nitrogen and oxygen atoms in total. The molecule has 4 heterocycles. The first kappa shape index (κ1) is 32.9. The molecule has 0 radical (unpaired) electrons. The molecule has 3 fully saturated rings. The maximum Gasteiger partial charge on any atom is 0.243 e. The molecule has 0 bridgehead atoms. The Bertz CT molecular complexity index is 1330. The molecule has 0 N–H and O–H groups in total. The second-order valence-electron chi connectivity index (χ2n) is 13.3. The van der Waals surface area contributed by atoms with E-state index < -0.39 is 10.0 Å². The summed E-state index contributed by atoms with van der Waals surface area (Å²) in [6, 6.07) is 7.79. The van der Waals surface area contributed by atoms with Crippen LogP contribution in [0.3, 0.4) is 0 Å². The van der Waals surface area contributed by atoms with E-state index in [9.17, 15) is 13.2 Å². The highest BCUT2D eigenvalue weighted by Crippen LogP contribution is 2.40. The van der Waals surface area contributed by atoms with Gasteiger partial charge >= 0.3 is 0 Å². The first-order valence-electron chi connectivity index (χ1n) is 16.8. The van der Waals surface area contributed by atoms with Crippen LogP contribution in [0.25, 0.3) is 0 Å². The molecule has 3 saturated heterocycles. The number of sulfonamides is 1.